The molecule has 0 saturated carbocycles. The number of piperidine rings is 1. The smallest absolute Gasteiger partial charge is 0.328 e. The molecular weight excluding hydrogens is 350 g/mol. The minimum Gasteiger partial charge on any atom is -0.467 e. The van der Waals surface area contributed by atoms with Crippen LogP contribution < -0.4 is 11.1 Å². The topological polar surface area (TPSA) is 119 Å². The summed E-state index contributed by atoms with van der Waals surface area (Å²) in [5.74, 6) is -1.13. The van der Waals surface area contributed by atoms with E-state index in [0.29, 0.717) is 32.4 Å². The molecule has 0 spiro atoms. The van der Waals surface area contributed by atoms with Gasteiger partial charge in [0.05, 0.1) is 7.11 Å². The van der Waals surface area contributed by atoms with E-state index < -0.39 is 12.0 Å². The molecule has 8 heteroatoms. The zero-order valence-electron chi connectivity index (χ0n) is 16.8. The number of likely N-dealkylation sites (tertiary alicyclic amines) is 1. The Morgan fingerprint density at radius 3 is 2.19 bits per heavy atom. The summed E-state index contributed by atoms with van der Waals surface area (Å²) in [5, 5.41) is 2.71. The van der Waals surface area contributed by atoms with Gasteiger partial charge in [0, 0.05) is 31.8 Å². The Balaban J connectivity index is 2.45. The maximum Gasteiger partial charge on any atom is 0.328 e. The SMILES string of the molecule is COC(=O)C(CC(C)C)NC(=O)CC(C)CC(=O)N1CCC(C(N)=O)CC1. The maximum absolute atomic E-state index is 12.4. The zero-order valence-corrected chi connectivity index (χ0v) is 16.8. The second-order valence-electron chi connectivity index (χ2n) is 7.84. The highest BCUT2D eigenvalue weighted by molar-refractivity contribution is 5.85. The number of esters is 1. The lowest BCUT2D eigenvalue weighted by atomic mass is 9.95. The molecule has 8 nitrogen and oxygen atoms in total. The molecule has 1 heterocycles. The van der Waals surface area contributed by atoms with Crippen LogP contribution in [0.4, 0.5) is 0 Å². The fourth-order valence-corrected chi connectivity index (χ4v) is 3.31. The lowest BCUT2D eigenvalue weighted by Crippen LogP contribution is -2.44. The molecule has 2 atom stereocenters. The summed E-state index contributed by atoms with van der Waals surface area (Å²) in [6.45, 7) is 6.80. The number of methoxy groups -OCH3 is 1. The minimum atomic E-state index is -0.668. The summed E-state index contributed by atoms with van der Waals surface area (Å²) in [6, 6.07) is -0.668. The monoisotopic (exact) mass is 383 g/mol. The normalized spacial score (nSPS) is 17.3. The summed E-state index contributed by atoms with van der Waals surface area (Å²) in [7, 11) is 1.30. The van der Waals surface area contributed by atoms with Crippen molar-refractivity contribution in [3.8, 4) is 0 Å². The lowest BCUT2D eigenvalue weighted by molar-refractivity contribution is -0.145. The van der Waals surface area contributed by atoms with E-state index in [1.807, 2.05) is 20.8 Å². The maximum atomic E-state index is 12.4. The summed E-state index contributed by atoms with van der Waals surface area (Å²) in [4.78, 5) is 49.4. The Morgan fingerprint density at radius 2 is 1.70 bits per heavy atom. The molecule has 0 aromatic rings. The molecule has 1 fully saturated rings. The van der Waals surface area contributed by atoms with Crippen molar-refractivity contribution in [2.75, 3.05) is 20.2 Å². The number of ether oxygens (including phenoxy) is 1. The largest absolute Gasteiger partial charge is 0.467 e. The van der Waals surface area contributed by atoms with Gasteiger partial charge >= 0.3 is 5.97 Å². The summed E-state index contributed by atoms with van der Waals surface area (Å²) in [5.41, 5.74) is 5.31. The quantitative estimate of drug-likeness (QED) is 0.572. The number of hydrogen-bond acceptors (Lipinski definition) is 5. The molecule has 1 aliphatic heterocycles. The van der Waals surface area contributed by atoms with Gasteiger partial charge in [-0.3, -0.25) is 14.4 Å². The molecule has 1 saturated heterocycles. The lowest BCUT2D eigenvalue weighted by Gasteiger charge is -2.31. The number of nitrogens with zero attached hydrogens (tertiary/aromatic N) is 1. The van der Waals surface area contributed by atoms with Crippen molar-refractivity contribution < 1.29 is 23.9 Å². The standard InChI is InChI=1S/C19H33N3O5/c1-12(2)9-15(19(26)27-4)21-16(23)10-13(3)11-17(24)22-7-5-14(6-8-22)18(20)25/h12-15H,5-11H2,1-4H3,(H2,20,25)(H,21,23). The highest BCUT2D eigenvalue weighted by Gasteiger charge is 2.27. The molecule has 3 amide bonds. The summed E-state index contributed by atoms with van der Waals surface area (Å²) in [6.07, 6.45) is 2.09. The van der Waals surface area contributed by atoms with E-state index in [1.54, 1.807) is 4.90 Å². The van der Waals surface area contributed by atoms with E-state index in [1.165, 1.54) is 7.11 Å². The van der Waals surface area contributed by atoms with Gasteiger partial charge in [0.1, 0.15) is 6.04 Å². The second-order valence-corrected chi connectivity index (χ2v) is 7.84. The molecule has 0 aromatic heterocycles. The summed E-state index contributed by atoms with van der Waals surface area (Å²) >= 11 is 0. The van der Waals surface area contributed by atoms with Gasteiger partial charge in [0.2, 0.25) is 17.7 Å². The average molecular weight is 383 g/mol. The molecule has 154 valence electrons. The van der Waals surface area contributed by atoms with Crippen LogP contribution in [-0.4, -0.2) is 54.8 Å². The van der Waals surface area contributed by atoms with Gasteiger partial charge in [-0.25, -0.2) is 4.79 Å². The van der Waals surface area contributed by atoms with Gasteiger partial charge in [-0.05, 0) is 31.1 Å². The van der Waals surface area contributed by atoms with Crippen LogP contribution in [0.5, 0.6) is 0 Å². The van der Waals surface area contributed by atoms with Crippen LogP contribution in [0.1, 0.15) is 52.9 Å². The Morgan fingerprint density at radius 1 is 1.11 bits per heavy atom. The third-order valence-corrected chi connectivity index (χ3v) is 4.83. The fourth-order valence-electron chi connectivity index (χ4n) is 3.31. The van der Waals surface area contributed by atoms with Gasteiger partial charge < -0.3 is 20.7 Å². The van der Waals surface area contributed by atoms with Crippen molar-refractivity contribution in [2.24, 2.45) is 23.5 Å². The summed E-state index contributed by atoms with van der Waals surface area (Å²) < 4.78 is 4.74. The van der Waals surface area contributed by atoms with Crippen molar-refractivity contribution in [3.63, 3.8) is 0 Å². The highest BCUT2D eigenvalue weighted by Crippen LogP contribution is 2.19. The number of primary amides is 1. The molecule has 3 N–H and O–H groups in total. The van der Waals surface area contributed by atoms with E-state index in [0.717, 1.165) is 0 Å². The van der Waals surface area contributed by atoms with E-state index in [9.17, 15) is 19.2 Å². The van der Waals surface area contributed by atoms with Crippen molar-refractivity contribution in [2.45, 2.75) is 58.9 Å². The van der Waals surface area contributed by atoms with Gasteiger partial charge in [-0.15, -0.1) is 0 Å². The first-order chi connectivity index (χ1) is 12.6. The van der Waals surface area contributed by atoms with E-state index in [2.05, 4.69) is 5.32 Å². The Hall–Kier alpha value is -2.12. The molecule has 0 bridgehead atoms. The number of hydrogen-bond donors (Lipinski definition) is 2. The van der Waals surface area contributed by atoms with Crippen molar-refractivity contribution in [1.82, 2.24) is 10.2 Å². The fraction of sp³-hybridized carbons (Fsp3) is 0.789. The van der Waals surface area contributed by atoms with E-state index in [4.69, 9.17) is 10.5 Å². The molecule has 2 unspecified atom stereocenters. The molecule has 27 heavy (non-hydrogen) atoms. The predicted molar refractivity (Wildman–Crippen MR) is 100 cm³/mol. The van der Waals surface area contributed by atoms with Gasteiger partial charge in [0.15, 0.2) is 0 Å². The number of carbonyl (C=O) groups is 4. The zero-order chi connectivity index (χ0) is 20.6. The van der Waals surface area contributed by atoms with Crippen LogP contribution in [0.25, 0.3) is 0 Å². The van der Waals surface area contributed by atoms with Gasteiger partial charge in [-0.1, -0.05) is 20.8 Å². The van der Waals surface area contributed by atoms with Crippen LogP contribution in [0.15, 0.2) is 0 Å². The molecular formula is C19H33N3O5. The van der Waals surface area contributed by atoms with Crippen molar-refractivity contribution in [3.05, 3.63) is 0 Å². The third-order valence-electron chi connectivity index (χ3n) is 4.83. The average Bonchev–Trinajstić information content (AvgIpc) is 2.59. The Bertz CT molecular complexity index is 541. The molecule has 1 rings (SSSR count). The third kappa shape index (κ3) is 7.97. The molecule has 0 aliphatic carbocycles. The van der Waals surface area contributed by atoms with E-state index in [-0.39, 0.29) is 48.3 Å². The van der Waals surface area contributed by atoms with Crippen LogP contribution in [-0.2, 0) is 23.9 Å². The van der Waals surface area contributed by atoms with Crippen LogP contribution in [0.2, 0.25) is 0 Å². The first-order valence-electron chi connectivity index (χ1n) is 9.58. The Kier molecular flexibility index (Phi) is 9.25. The highest BCUT2D eigenvalue weighted by atomic mass is 16.5. The minimum absolute atomic E-state index is 0.0232. The molecule has 0 aromatic carbocycles. The number of carbonyl (C=O) groups excluding carboxylic acids is 4. The first-order valence-corrected chi connectivity index (χ1v) is 9.58. The number of rotatable bonds is 9. The predicted octanol–water partition coefficient (Wildman–Crippen LogP) is 0.831. The number of amides is 3. The molecule has 0 radical (unpaired) electrons. The Labute approximate surface area is 161 Å². The number of nitrogens with two attached hydrogens (primary N) is 1. The van der Waals surface area contributed by atoms with Gasteiger partial charge in [0.25, 0.3) is 0 Å². The van der Waals surface area contributed by atoms with Gasteiger partial charge in [-0.2, -0.15) is 0 Å². The number of nitrogens with one attached hydrogen (secondary N) is 1. The van der Waals surface area contributed by atoms with E-state index >= 15 is 0 Å². The van der Waals surface area contributed by atoms with Crippen molar-refractivity contribution in [1.29, 1.82) is 0 Å². The van der Waals surface area contributed by atoms with Crippen LogP contribution in [0.3, 0.4) is 0 Å². The van der Waals surface area contributed by atoms with Crippen LogP contribution >= 0.6 is 0 Å². The second kappa shape index (κ2) is 10.9. The molecule has 1 aliphatic rings. The first kappa shape index (κ1) is 22.9. The van der Waals surface area contributed by atoms with Crippen LogP contribution in [0, 0.1) is 17.8 Å². The van der Waals surface area contributed by atoms with Crippen molar-refractivity contribution >= 4 is 23.7 Å².